The van der Waals surface area contributed by atoms with Crippen LogP contribution in [-0.4, -0.2) is 38.8 Å². The Morgan fingerprint density at radius 2 is 2.15 bits per heavy atom. The monoisotopic (exact) mass is 366 g/mol. The number of hydrogen-bond donors (Lipinski definition) is 1. The fourth-order valence-electron chi connectivity index (χ4n) is 3.69. The number of carbonyl (C=O) groups is 1. The molecule has 4 rings (SSSR count). The van der Waals surface area contributed by atoms with Crippen LogP contribution >= 0.6 is 0 Å². The van der Waals surface area contributed by atoms with Crippen LogP contribution in [0.3, 0.4) is 0 Å². The second-order valence-corrected chi connectivity index (χ2v) is 6.90. The fraction of sp³-hybridized carbons (Fsp3) is 0.300. The molecule has 1 unspecified atom stereocenters. The highest BCUT2D eigenvalue weighted by Gasteiger charge is 2.27. The number of H-pyrrole nitrogens is 1. The standard InChI is InChI=1S/C20H19FN4O2/c1-12-7-16(15-5-4-14(21)8-18(15)24-12)20(27)25-6-2-3-13(10-25)17-9-19(26)23-11-22-17/h4-5,7-9,11,13H,2-3,6,10H2,1H3,(H,22,23,26). The third kappa shape index (κ3) is 3.45. The topological polar surface area (TPSA) is 79.0 Å². The summed E-state index contributed by atoms with van der Waals surface area (Å²) in [5.41, 5.74) is 2.18. The minimum absolute atomic E-state index is 0.0247. The van der Waals surface area contributed by atoms with Gasteiger partial charge in [-0.25, -0.2) is 9.37 Å². The predicted molar refractivity (Wildman–Crippen MR) is 99.2 cm³/mol. The van der Waals surface area contributed by atoms with Crippen LogP contribution in [-0.2, 0) is 0 Å². The number of likely N-dealkylation sites (tertiary alicyclic amines) is 1. The number of benzene rings is 1. The molecule has 3 aromatic rings. The van der Waals surface area contributed by atoms with Gasteiger partial charge in [-0.15, -0.1) is 0 Å². The molecule has 6 nitrogen and oxygen atoms in total. The first-order valence-corrected chi connectivity index (χ1v) is 8.92. The predicted octanol–water partition coefficient (Wildman–Crippen LogP) is 2.79. The van der Waals surface area contributed by atoms with Gasteiger partial charge in [-0.2, -0.15) is 0 Å². The summed E-state index contributed by atoms with van der Waals surface area (Å²) in [6, 6.07) is 7.53. The first-order valence-electron chi connectivity index (χ1n) is 8.92. The Hall–Kier alpha value is -3.09. The fourth-order valence-corrected chi connectivity index (χ4v) is 3.69. The van der Waals surface area contributed by atoms with Crippen molar-refractivity contribution in [1.29, 1.82) is 0 Å². The molecule has 138 valence electrons. The molecule has 2 aromatic heterocycles. The molecule has 0 bridgehead atoms. The molecule has 7 heteroatoms. The first-order chi connectivity index (χ1) is 13.0. The quantitative estimate of drug-likeness (QED) is 0.756. The van der Waals surface area contributed by atoms with Gasteiger partial charge in [0.15, 0.2) is 0 Å². The largest absolute Gasteiger partial charge is 0.338 e. The molecular formula is C20H19FN4O2. The average Bonchev–Trinajstić information content (AvgIpc) is 2.66. The summed E-state index contributed by atoms with van der Waals surface area (Å²) < 4.78 is 13.6. The van der Waals surface area contributed by atoms with Crippen LogP contribution in [0.15, 0.2) is 41.5 Å². The Morgan fingerprint density at radius 1 is 1.30 bits per heavy atom. The van der Waals surface area contributed by atoms with Crippen molar-refractivity contribution in [3.63, 3.8) is 0 Å². The molecule has 1 amide bonds. The molecule has 1 aromatic carbocycles. The van der Waals surface area contributed by atoms with E-state index < -0.39 is 0 Å². The van der Waals surface area contributed by atoms with Gasteiger partial charge in [0, 0.05) is 42.2 Å². The van der Waals surface area contributed by atoms with Gasteiger partial charge in [-0.05, 0) is 38.0 Å². The van der Waals surface area contributed by atoms with E-state index >= 15 is 0 Å². The highest BCUT2D eigenvalue weighted by Crippen LogP contribution is 2.27. The Kier molecular flexibility index (Phi) is 4.43. The lowest BCUT2D eigenvalue weighted by atomic mass is 9.93. The number of halogens is 1. The van der Waals surface area contributed by atoms with Crippen molar-refractivity contribution in [2.24, 2.45) is 0 Å². The molecule has 1 fully saturated rings. The molecule has 0 radical (unpaired) electrons. The van der Waals surface area contributed by atoms with Crippen molar-refractivity contribution in [3.05, 3.63) is 69.8 Å². The van der Waals surface area contributed by atoms with Gasteiger partial charge < -0.3 is 9.88 Å². The maximum absolute atomic E-state index is 13.6. The maximum atomic E-state index is 13.6. The van der Waals surface area contributed by atoms with Gasteiger partial charge in [0.25, 0.3) is 11.5 Å². The van der Waals surface area contributed by atoms with Gasteiger partial charge in [0.1, 0.15) is 5.82 Å². The summed E-state index contributed by atoms with van der Waals surface area (Å²) in [7, 11) is 0. The Morgan fingerprint density at radius 3 is 2.96 bits per heavy atom. The average molecular weight is 366 g/mol. The highest BCUT2D eigenvalue weighted by atomic mass is 19.1. The van der Waals surface area contributed by atoms with E-state index in [2.05, 4.69) is 15.0 Å². The van der Waals surface area contributed by atoms with Gasteiger partial charge in [-0.1, -0.05) is 0 Å². The zero-order chi connectivity index (χ0) is 19.0. The highest BCUT2D eigenvalue weighted by molar-refractivity contribution is 6.06. The van der Waals surface area contributed by atoms with E-state index in [0.717, 1.165) is 12.8 Å². The minimum Gasteiger partial charge on any atom is -0.338 e. The van der Waals surface area contributed by atoms with Crippen molar-refractivity contribution in [3.8, 4) is 0 Å². The molecule has 1 aliphatic rings. The molecule has 1 atom stereocenters. The van der Waals surface area contributed by atoms with E-state index in [1.807, 2.05) is 0 Å². The first kappa shape index (κ1) is 17.3. The van der Waals surface area contributed by atoms with Crippen molar-refractivity contribution >= 4 is 16.8 Å². The Bertz CT molecular complexity index is 1070. The van der Waals surface area contributed by atoms with Crippen LogP contribution in [0.5, 0.6) is 0 Å². The Balaban J connectivity index is 1.66. The number of rotatable bonds is 2. The maximum Gasteiger partial charge on any atom is 0.254 e. The lowest BCUT2D eigenvalue weighted by Gasteiger charge is -2.32. The summed E-state index contributed by atoms with van der Waals surface area (Å²) in [5.74, 6) is -0.458. The number of aryl methyl sites for hydroxylation is 1. The molecule has 0 spiro atoms. The lowest BCUT2D eigenvalue weighted by molar-refractivity contribution is 0.0707. The van der Waals surface area contributed by atoms with Gasteiger partial charge in [0.05, 0.1) is 23.1 Å². The summed E-state index contributed by atoms with van der Waals surface area (Å²) in [6.07, 6.45) is 3.11. The van der Waals surface area contributed by atoms with Crippen molar-refractivity contribution < 1.29 is 9.18 Å². The Labute approximate surface area is 155 Å². The van der Waals surface area contributed by atoms with Crippen molar-refractivity contribution in [1.82, 2.24) is 19.9 Å². The van der Waals surface area contributed by atoms with Crippen molar-refractivity contribution in [2.75, 3.05) is 13.1 Å². The van der Waals surface area contributed by atoms with E-state index in [9.17, 15) is 14.0 Å². The third-order valence-corrected chi connectivity index (χ3v) is 4.96. The molecule has 0 aliphatic carbocycles. The van der Waals surface area contributed by atoms with E-state index in [4.69, 9.17) is 0 Å². The second-order valence-electron chi connectivity index (χ2n) is 6.90. The summed E-state index contributed by atoms with van der Waals surface area (Å²) in [4.78, 5) is 37.7. The summed E-state index contributed by atoms with van der Waals surface area (Å²) in [5, 5.41) is 0.642. The summed E-state index contributed by atoms with van der Waals surface area (Å²) >= 11 is 0. The summed E-state index contributed by atoms with van der Waals surface area (Å²) in [6.45, 7) is 2.93. The number of carbonyl (C=O) groups excluding carboxylic acids is 1. The van der Waals surface area contributed by atoms with Crippen LogP contribution in [0.2, 0.25) is 0 Å². The van der Waals surface area contributed by atoms with Crippen LogP contribution < -0.4 is 5.56 Å². The number of aromatic amines is 1. The number of fused-ring (bicyclic) bond motifs is 1. The second kappa shape index (κ2) is 6.90. The number of hydrogen-bond acceptors (Lipinski definition) is 4. The number of aromatic nitrogens is 3. The number of amides is 1. The van der Waals surface area contributed by atoms with Crippen LogP contribution in [0.1, 0.15) is 40.5 Å². The SMILES string of the molecule is Cc1cc(C(=O)N2CCCC(c3cc(=O)[nH]cn3)C2)c2ccc(F)cc2n1. The van der Waals surface area contributed by atoms with Crippen LogP contribution in [0.4, 0.5) is 4.39 Å². The van der Waals surface area contributed by atoms with E-state index in [-0.39, 0.29) is 23.2 Å². The van der Waals surface area contributed by atoms with Crippen LogP contribution in [0.25, 0.3) is 10.9 Å². The zero-order valence-electron chi connectivity index (χ0n) is 14.9. The number of piperidine rings is 1. The molecule has 27 heavy (non-hydrogen) atoms. The van der Waals surface area contributed by atoms with Gasteiger partial charge in [0.2, 0.25) is 0 Å². The van der Waals surface area contributed by atoms with Crippen molar-refractivity contribution in [2.45, 2.75) is 25.7 Å². The van der Waals surface area contributed by atoms with E-state index in [0.29, 0.717) is 40.9 Å². The molecule has 1 N–H and O–H groups in total. The lowest BCUT2D eigenvalue weighted by Crippen LogP contribution is -2.39. The minimum atomic E-state index is -0.377. The molecule has 0 saturated carbocycles. The number of nitrogens with one attached hydrogen (secondary N) is 1. The number of nitrogens with zero attached hydrogens (tertiary/aromatic N) is 3. The molecular weight excluding hydrogens is 347 g/mol. The van der Waals surface area contributed by atoms with E-state index in [1.54, 1.807) is 24.0 Å². The molecule has 1 saturated heterocycles. The van der Waals surface area contributed by atoms with Crippen LogP contribution in [0, 0.1) is 12.7 Å². The smallest absolute Gasteiger partial charge is 0.254 e. The van der Waals surface area contributed by atoms with E-state index in [1.165, 1.54) is 24.5 Å². The third-order valence-electron chi connectivity index (χ3n) is 4.96. The normalized spacial score (nSPS) is 17.3. The number of pyridine rings is 1. The van der Waals surface area contributed by atoms with Gasteiger partial charge in [-0.3, -0.25) is 14.6 Å². The van der Waals surface area contributed by atoms with Gasteiger partial charge >= 0.3 is 0 Å². The molecule has 1 aliphatic heterocycles. The molecule has 3 heterocycles. The zero-order valence-corrected chi connectivity index (χ0v) is 14.9.